The van der Waals surface area contributed by atoms with E-state index in [4.69, 9.17) is 0 Å². The molecule has 0 aromatic heterocycles. The van der Waals surface area contributed by atoms with Crippen molar-refractivity contribution in [3.8, 4) is 0 Å². The Morgan fingerprint density at radius 1 is 0.941 bits per heavy atom. The molecule has 0 aliphatic carbocycles. The normalized spacial score (nSPS) is 10.3. The Morgan fingerprint density at radius 2 is 1.65 bits per heavy atom. The van der Waals surface area contributed by atoms with Gasteiger partial charge in [-0.15, -0.1) is 0 Å². The van der Waals surface area contributed by atoms with Crippen LogP contribution in [-0.4, -0.2) is 6.54 Å². The molecule has 0 saturated heterocycles. The Morgan fingerprint density at radius 3 is 2.24 bits per heavy atom. The Labute approximate surface area is 104 Å². The molecule has 2 aromatic carbocycles. The molecule has 0 atom stereocenters. The first-order valence-corrected chi connectivity index (χ1v) is 6.12. The molecule has 0 heterocycles. The quantitative estimate of drug-likeness (QED) is 0.745. The molecule has 0 aliphatic heterocycles. The summed E-state index contributed by atoms with van der Waals surface area (Å²) in [5.41, 5.74) is 5.19. The second-order valence-electron chi connectivity index (χ2n) is 4.37. The molecule has 0 bridgehead atoms. The lowest BCUT2D eigenvalue weighted by atomic mass is 10.1. The van der Waals surface area contributed by atoms with E-state index in [1.54, 1.807) is 0 Å². The summed E-state index contributed by atoms with van der Waals surface area (Å²) in [5.74, 6) is 0. The van der Waals surface area contributed by atoms with Crippen LogP contribution in [-0.2, 0) is 0 Å². The molecule has 1 nitrogen and oxygen atoms in total. The molecule has 0 saturated carbocycles. The highest BCUT2D eigenvalue weighted by atomic mass is 15.1. The molecule has 17 heavy (non-hydrogen) atoms. The van der Waals surface area contributed by atoms with E-state index in [0.29, 0.717) is 0 Å². The smallest absolute Gasteiger partial charge is 0.0440 e. The van der Waals surface area contributed by atoms with Gasteiger partial charge in [0.2, 0.25) is 0 Å². The molecule has 1 heteroatoms. The van der Waals surface area contributed by atoms with Crippen molar-refractivity contribution in [1.82, 2.24) is 0 Å². The van der Waals surface area contributed by atoms with E-state index in [1.807, 2.05) is 0 Å². The van der Waals surface area contributed by atoms with Gasteiger partial charge in [-0.05, 0) is 44.5 Å². The highest BCUT2D eigenvalue weighted by molar-refractivity contribution is 5.66. The zero-order valence-corrected chi connectivity index (χ0v) is 10.8. The van der Waals surface area contributed by atoms with Crippen LogP contribution >= 0.6 is 0 Å². The van der Waals surface area contributed by atoms with Crippen molar-refractivity contribution in [2.75, 3.05) is 11.4 Å². The molecule has 0 fully saturated rings. The summed E-state index contributed by atoms with van der Waals surface area (Å²) in [6.45, 7) is 7.48. The van der Waals surface area contributed by atoms with Crippen LogP contribution in [0.15, 0.2) is 48.5 Å². The number of rotatable bonds is 3. The molecule has 0 aliphatic rings. The largest absolute Gasteiger partial charge is 0.342 e. The maximum absolute atomic E-state index is 2.34. The van der Waals surface area contributed by atoms with Gasteiger partial charge in [-0.2, -0.15) is 0 Å². The summed E-state index contributed by atoms with van der Waals surface area (Å²) < 4.78 is 0. The zero-order chi connectivity index (χ0) is 12.3. The van der Waals surface area contributed by atoms with Gasteiger partial charge >= 0.3 is 0 Å². The van der Waals surface area contributed by atoms with Crippen molar-refractivity contribution in [2.24, 2.45) is 0 Å². The van der Waals surface area contributed by atoms with Crippen molar-refractivity contribution in [3.05, 3.63) is 59.7 Å². The lowest BCUT2D eigenvalue weighted by molar-refractivity contribution is 1.01. The molecular formula is C16H19N. The second-order valence-corrected chi connectivity index (χ2v) is 4.37. The van der Waals surface area contributed by atoms with Crippen LogP contribution in [0, 0.1) is 13.8 Å². The van der Waals surface area contributed by atoms with Crippen LogP contribution in [0.25, 0.3) is 0 Å². The van der Waals surface area contributed by atoms with Crippen molar-refractivity contribution in [3.63, 3.8) is 0 Å². The van der Waals surface area contributed by atoms with Crippen LogP contribution in [0.5, 0.6) is 0 Å². The molecule has 88 valence electrons. The Bertz CT molecular complexity index is 488. The monoisotopic (exact) mass is 225 g/mol. The van der Waals surface area contributed by atoms with Crippen LogP contribution in [0.2, 0.25) is 0 Å². The number of nitrogens with zero attached hydrogens (tertiary/aromatic N) is 1. The number of anilines is 2. The van der Waals surface area contributed by atoms with E-state index in [1.165, 1.54) is 22.5 Å². The summed E-state index contributed by atoms with van der Waals surface area (Å²) >= 11 is 0. The number of hydrogen-bond acceptors (Lipinski definition) is 1. The number of benzene rings is 2. The fourth-order valence-corrected chi connectivity index (χ4v) is 2.21. The zero-order valence-electron chi connectivity index (χ0n) is 10.8. The predicted octanol–water partition coefficient (Wildman–Crippen LogP) is 4.46. The van der Waals surface area contributed by atoms with E-state index in [2.05, 4.69) is 74.2 Å². The van der Waals surface area contributed by atoms with Gasteiger partial charge in [0.1, 0.15) is 0 Å². The third-order valence-electron chi connectivity index (χ3n) is 3.03. The fraction of sp³-hybridized carbons (Fsp3) is 0.250. The van der Waals surface area contributed by atoms with Gasteiger partial charge in [0, 0.05) is 17.9 Å². The Kier molecular flexibility index (Phi) is 3.48. The first-order chi connectivity index (χ1) is 8.22. The Balaban J connectivity index is 2.42. The summed E-state index contributed by atoms with van der Waals surface area (Å²) in [4.78, 5) is 2.34. The van der Waals surface area contributed by atoms with Crippen molar-refractivity contribution in [1.29, 1.82) is 0 Å². The number of hydrogen-bond donors (Lipinski definition) is 0. The molecule has 2 rings (SSSR count). The highest BCUT2D eigenvalue weighted by Crippen LogP contribution is 2.28. The van der Waals surface area contributed by atoms with E-state index in [9.17, 15) is 0 Å². The average Bonchev–Trinajstić information content (AvgIpc) is 2.34. The van der Waals surface area contributed by atoms with Crippen LogP contribution in [0.4, 0.5) is 11.4 Å². The minimum absolute atomic E-state index is 0.980. The molecule has 0 spiro atoms. The minimum atomic E-state index is 0.980. The molecule has 0 radical (unpaired) electrons. The molecule has 0 N–H and O–H groups in total. The highest BCUT2D eigenvalue weighted by Gasteiger charge is 2.08. The lowest BCUT2D eigenvalue weighted by Crippen LogP contribution is -2.16. The molecule has 2 aromatic rings. The van der Waals surface area contributed by atoms with Gasteiger partial charge < -0.3 is 4.90 Å². The van der Waals surface area contributed by atoms with E-state index >= 15 is 0 Å². The summed E-state index contributed by atoms with van der Waals surface area (Å²) in [6, 6.07) is 17.2. The second kappa shape index (κ2) is 5.05. The van der Waals surface area contributed by atoms with E-state index < -0.39 is 0 Å². The van der Waals surface area contributed by atoms with Gasteiger partial charge in [-0.1, -0.05) is 35.9 Å². The minimum Gasteiger partial charge on any atom is -0.342 e. The lowest BCUT2D eigenvalue weighted by Gasteiger charge is -2.25. The van der Waals surface area contributed by atoms with Crippen molar-refractivity contribution < 1.29 is 0 Å². The molecule has 0 unspecified atom stereocenters. The van der Waals surface area contributed by atoms with Crippen molar-refractivity contribution in [2.45, 2.75) is 20.8 Å². The summed E-state index contributed by atoms with van der Waals surface area (Å²) in [7, 11) is 0. The third-order valence-corrected chi connectivity index (χ3v) is 3.03. The van der Waals surface area contributed by atoms with Crippen LogP contribution in [0.1, 0.15) is 18.1 Å². The predicted molar refractivity (Wildman–Crippen MR) is 75.0 cm³/mol. The van der Waals surface area contributed by atoms with Gasteiger partial charge in [-0.3, -0.25) is 0 Å². The van der Waals surface area contributed by atoms with Gasteiger partial charge in [0.05, 0.1) is 0 Å². The summed E-state index contributed by atoms with van der Waals surface area (Å²) in [5, 5.41) is 0. The van der Waals surface area contributed by atoms with Crippen LogP contribution in [0.3, 0.4) is 0 Å². The third kappa shape index (κ3) is 2.50. The van der Waals surface area contributed by atoms with E-state index in [0.717, 1.165) is 6.54 Å². The van der Waals surface area contributed by atoms with E-state index in [-0.39, 0.29) is 0 Å². The maximum atomic E-state index is 2.34. The standard InChI is InChI=1S/C16H19N/c1-4-17(15-8-6-5-7-9-15)16-11-10-13(2)12-14(16)3/h5-12H,4H2,1-3H3. The van der Waals surface area contributed by atoms with Crippen LogP contribution < -0.4 is 4.90 Å². The SMILES string of the molecule is CCN(c1ccccc1)c1ccc(C)cc1C. The first-order valence-electron chi connectivity index (χ1n) is 6.12. The average molecular weight is 225 g/mol. The van der Waals surface area contributed by atoms with Crippen molar-refractivity contribution >= 4 is 11.4 Å². The Hall–Kier alpha value is -1.76. The number of para-hydroxylation sites is 1. The molecular weight excluding hydrogens is 206 g/mol. The van der Waals surface area contributed by atoms with Gasteiger partial charge in [0.25, 0.3) is 0 Å². The number of aryl methyl sites for hydroxylation is 2. The summed E-state index contributed by atoms with van der Waals surface area (Å²) in [6.07, 6.45) is 0. The van der Waals surface area contributed by atoms with Gasteiger partial charge in [-0.25, -0.2) is 0 Å². The fourth-order valence-electron chi connectivity index (χ4n) is 2.21. The molecule has 0 amide bonds. The van der Waals surface area contributed by atoms with Gasteiger partial charge in [0.15, 0.2) is 0 Å². The topological polar surface area (TPSA) is 3.24 Å². The first kappa shape index (κ1) is 11.7. The maximum Gasteiger partial charge on any atom is 0.0440 e.